The van der Waals surface area contributed by atoms with Crippen LogP contribution in [0.1, 0.15) is 30.3 Å². The summed E-state index contributed by atoms with van der Waals surface area (Å²) in [6.45, 7) is 7.44. The zero-order valence-corrected chi connectivity index (χ0v) is 15.3. The van der Waals surface area contributed by atoms with Crippen LogP contribution in [0.3, 0.4) is 0 Å². The van der Waals surface area contributed by atoms with Crippen LogP contribution < -0.4 is 10.1 Å². The molecular weight excluding hydrogens is 321 g/mol. The molecule has 0 spiro atoms. The molecule has 0 aliphatic heterocycles. The Hall–Kier alpha value is -2.37. The highest BCUT2D eigenvalue weighted by molar-refractivity contribution is 5.76. The van der Waals surface area contributed by atoms with Gasteiger partial charge in [0.2, 0.25) is 5.91 Å². The summed E-state index contributed by atoms with van der Waals surface area (Å²) in [6.07, 6.45) is 0.830. The molecule has 0 fully saturated rings. The van der Waals surface area contributed by atoms with Crippen molar-refractivity contribution < 1.29 is 13.9 Å². The average Bonchev–Trinajstić information content (AvgIpc) is 2.88. The van der Waals surface area contributed by atoms with Crippen molar-refractivity contribution in [1.29, 1.82) is 0 Å². The highest BCUT2D eigenvalue weighted by Gasteiger charge is 2.10. The van der Waals surface area contributed by atoms with Crippen molar-refractivity contribution in [2.75, 3.05) is 13.7 Å². The van der Waals surface area contributed by atoms with Gasteiger partial charge in [0.15, 0.2) is 11.6 Å². The summed E-state index contributed by atoms with van der Waals surface area (Å²) in [6, 6.07) is 6.82. The first-order chi connectivity index (χ1) is 11.9. The summed E-state index contributed by atoms with van der Waals surface area (Å²) in [5, 5.41) is 7.37. The Labute approximate surface area is 148 Å². The Morgan fingerprint density at radius 1 is 1.36 bits per heavy atom. The summed E-state index contributed by atoms with van der Waals surface area (Å²) >= 11 is 0. The first-order valence-electron chi connectivity index (χ1n) is 8.49. The molecule has 136 valence electrons. The maximum absolute atomic E-state index is 13.6. The molecular formula is C19H26FN3O2. The van der Waals surface area contributed by atoms with Gasteiger partial charge in [-0.15, -0.1) is 0 Å². The van der Waals surface area contributed by atoms with Gasteiger partial charge >= 0.3 is 0 Å². The molecule has 1 aromatic heterocycles. The molecule has 0 saturated heterocycles. The lowest BCUT2D eigenvalue weighted by atomic mass is 10.1. The number of rotatable bonds is 8. The molecule has 0 aliphatic rings. The molecule has 0 aliphatic carbocycles. The van der Waals surface area contributed by atoms with Crippen LogP contribution in [0.15, 0.2) is 24.3 Å². The van der Waals surface area contributed by atoms with E-state index in [0.717, 1.165) is 23.5 Å². The highest BCUT2D eigenvalue weighted by Crippen LogP contribution is 2.18. The van der Waals surface area contributed by atoms with Gasteiger partial charge in [0.1, 0.15) is 0 Å². The van der Waals surface area contributed by atoms with Gasteiger partial charge in [0, 0.05) is 25.2 Å². The Kier molecular flexibility index (Phi) is 6.56. The number of hydrogen-bond donors (Lipinski definition) is 1. The number of amides is 1. The summed E-state index contributed by atoms with van der Waals surface area (Å²) in [5.74, 6) is 0.0573. The minimum absolute atomic E-state index is 0.0311. The fourth-order valence-electron chi connectivity index (χ4n) is 2.72. The lowest BCUT2D eigenvalue weighted by Crippen LogP contribution is -2.30. The Morgan fingerprint density at radius 3 is 2.72 bits per heavy atom. The monoisotopic (exact) mass is 347 g/mol. The lowest BCUT2D eigenvalue weighted by molar-refractivity contribution is -0.121. The Morgan fingerprint density at radius 2 is 2.12 bits per heavy atom. The standard InChI is InChI=1S/C19H26FN3O2/c1-13(12-23-15(3)9-14(2)22-23)11-21-19(24)8-6-16-5-7-18(25-4)17(20)10-16/h5,7,9-10,13H,6,8,11-12H2,1-4H3,(H,21,24)/t13-/m0/s1. The molecule has 1 N–H and O–H groups in total. The van der Waals surface area contributed by atoms with E-state index in [9.17, 15) is 9.18 Å². The molecule has 1 amide bonds. The predicted molar refractivity (Wildman–Crippen MR) is 95.1 cm³/mol. The van der Waals surface area contributed by atoms with E-state index in [1.807, 2.05) is 24.6 Å². The molecule has 0 saturated carbocycles. The van der Waals surface area contributed by atoms with Crippen molar-refractivity contribution in [3.05, 3.63) is 47.0 Å². The van der Waals surface area contributed by atoms with Crippen molar-refractivity contribution in [2.24, 2.45) is 5.92 Å². The summed E-state index contributed by atoms with van der Waals surface area (Å²) in [4.78, 5) is 12.0. The van der Waals surface area contributed by atoms with Crippen LogP contribution in [-0.4, -0.2) is 29.3 Å². The Balaban J connectivity index is 1.75. The number of ether oxygens (including phenoxy) is 1. The number of aryl methyl sites for hydroxylation is 3. The van der Waals surface area contributed by atoms with E-state index in [1.165, 1.54) is 13.2 Å². The van der Waals surface area contributed by atoms with E-state index in [4.69, 9.17) is 4.74 Å². The average molecular weight is 347 g/mol. The molecule has 1 aromatic carbocycles. The normalized spacial score (nSPS) is 12.0. The molecule has 2 aromatic rings. The van der Waals surface area contributed by atoms with Gasteiger partial charge in [0.05, 0.1) is 12.8 Å². The van der Waals surface area contributed by atoms with Gasteiger partial charge < -0.3 is 10.1 Å². The van der Waals surface area contributed by atoms with E-state index in [2.05, 4.69) is 17.3 Å². The number of aromatic nitrogens is 2. The smallest absolute Gasteiger partial charge is 0.220 e. The third-order valence-corrected chi connectivity index (χ3v) is 4.09. The number of methoxy groups -OCH3 is 1. The van der Waals surface area contributed by atoms with Crippen molar-refractivity contribution in [3.63, 3.8) is 0 Å². The molecule has 2 rings (SSSR count). The summed E-state index contributed by atoms with van der Waals surface area (Å²) in [7, 11) is 1.43. The SMILES string of the molecule is COc1ccc(CCC(=O)NC[C@H](C)Cn2nc(C)cc2C)cc1F. The molecule has 0 unspecified atom stereocenters. The first-order valence-corrected chi connectivity index (χ1v) is 8.49. The van der Waals surface area contributed by atoms with Crippen molar-refractivity contribution in [1.82, 2.24) is 15.1 Å². The second kappa shape index (κ2) is 8.65. The molecule has 0 bridgehead atoms. The lowest BCUT2D eigenvalue weighted by Gasteiger charge is -2.14. The quantitative estimate of drug-likeness (QED) is 0.798. The fourth-order valence-corrected chi connectivity index (χ4v) is 2.72. The first kappa shape index (κ1) is 19.0. The van der Waals surface area contributed by atoms with Crippen LogP contribution in [0.5, 0.6) is 5.75 Å². The van der Waals surface area contributed by atoms with Crippen LogP contribution in [0.4, 0.5) is 4.39 Å². The van der Waals surface area contributed by atoms with Crippen LogP contribution in [-0.2, 0) is 17.8 Å². The molecule has 6 heteroatoms. The van der Waals surface area contributed by atoms with Crippen molar-refractivity contribution in [3.8, 4) is 5.75 Å². The van der Waals surface area contributed by atoms with Gasteiger partial charge in [-0.3, -0.25) is 9.48 Å². The number of carbonyl (C=O) groups excluding carboxylic acids is 1. The van der Waals surface area contributed by atoms with Gasteiger partial charge in [-0.2, -0.15) is 5.10 Å². The zero-order valence-electron chi connectivity index (χ0n) is 15.3. The van der Waals surface area contributed by atoms with Gasteiger partial charge in [-0.05, 0) is 49.9 Å². The summed E-state index contributed by atoms with van der Waals surface area (Å²) < 4.78 is 20.5. The molecule has 0 radical (unpaired) electrons. The van der Waals surface area contributed by atoms with E-state index in [1.54, 1.807) is 12.1 Å². The van der Waals surface area contributed by atoms with Gasteiger partial charge in [-0.25, -0.2) is 4.39 Å². The molecule has 25 heavy (non-hydrogen) atoms. The number of hydrogen-bond acceptors (Lipinski definition) is 3. The third-order valence-electron chi connectivity index (χ3n) is 4.09. The number of benzene rings is 1. The summed E-state index contributed by atoms with van der Waals surface area (Å²) in [5.41, 5.74) is 2.90. The topological polar surface area (TPSA) is 56.1 Å². The van der Waals surface area contributed by atoms with Crippen LogP contribution in [0.2, 0.25) is 0 Å². The zero-order chi connectivity index (χ0) is 18.4. The van der Waals surface area contributed by atoms with Crippen LogP contribution in [0.25, 0.3) is 0 Å². The Bertz CT molecular complexity index is 727. The number of carbonyl (C=O) groups is 1. The van der Waals surface area contributed by atoms with Gasteiger partial charge in [0.25, 0.3) is 0 Å². The third kappa shape index (κ3) is 5.59. The number of nitrogens with zero attached hydrogens (tertiary/aromatic N) is 2. The molecule has 1 atom stereocenters. The van der Waals surface area contributed by atoms with Crippen molar-refractivity contribution >= 4 is 5.91 Å². The maximum Gasteiger partial charge on any atom is 0.220 e. The second-order valence-electron chi connectivity index (χ2n) is 6.49. The van der Waals surface area contributed by atoms with E-state index >= 15 is 0 Å². The van der Waals surface area contributed by atoms with Crippen molar-refractivity contribution in [2.45, 2.75) is 40.2 Å². The van der Waals surface area contributed by atoms with E-state index in [-0.39, 0.29) is 17.6 Å². The second-order valence-corrected chi connectivity index (χ2v) is 6.49. The van der Waals surface area contributed by atoms with Crippen LogP contribution in [0, 0.1) is 25.6 Å². The van der Waals surface area contributed by atoms with E-state index < -0.39 is 5.82 Å². The van der Waals surface area contributed by atoms with Crippen LogP contribution >= 0.6 is 0 Å². The highest BCUT2D eigenvalue weighted by atomic mass is 19.1. The largest absolute Gasteiger partial charge is 0.494 e. The number of halogens is 1. The van der Waals surface area contributed by atoms with Gasteiger partial charge in [-0.1, -0.05) is 13.0 Å². The predicted octanol–water partition coefficient (Wildman–Crippen LogP) is 3.03. The molecule has 1 heterocycles. The maximum atomic E-state index is 13.6. The number of nitrogens with one attached hydrogen (secondary N) is 1. The fraction of sp³-hybridized carbons (Fsp3) is 0.474. The minimum atomic E-state index is -0.404. The van der Waals surface area contributed by atoms with E-state index in [0.29, 0.717) is 19.4 Å². The molecule has 5 nitrogen and oxygen atoms in total. The minimum Gasteiger partial charge on any atom is -0.494 e.